The lowest BCUT2D eigenvalue weighted by atomic mass is 10.2. The van der Waals surface area contributed by atoms with Crippen LogP contribution in [0.15, 0.2) is 30.3 Å². The lowest BCUT2D eigenvalue weighted by molar-refractivity contribution is 0.853. The van der Waals surface area contributed by atoms with Crippen molar-refractivity contribution in [2.75, 3.05) is 11.9 Å². The number of pyridine rings is 2. The summed E-state index contributed by atoms with van der Waals surface area (Å²) in [7, 11) is 1.92. The van der Waals surface area contributed by atoms with Crippen molar-refractivity contribution in [3.05, 3.63) is 53.0 Å². The first kappa shape index (κ1) is 13.0. The molecular weight excluding hydrogens is 236 g/mol. The number of nitrogens with zero attached hydrogens (tertiary/aromatic N) is 4. The van der Waals surface area contributed by atoms with Crippen molar-refractivity contribution in [2.24, 2.45) is 0 Å². The number of rotatable bonds is 3. The largest absolute Gasteiger partial charge is 0.353 e. The summed E-state index contributed by atoms with van der Waals surface area (Å²) in [6, 6.07) is 11.8. The molecule has 0 N–H and O–H groups in total. The van der Waals surface area contributed by atoms with E-state index in [1.807, 2.05) is 50.1 Å². The third-order valence-corrected chi connectivity index (χ3v) is 2.84. The van der Waals surface area contributed by atoms with Gasteiger partial charge in [0.1, 0.15) is 11.9 Å². The quantitative estimate of drug-likeness (QED) is 0.842. The van der Waals surface area contributed by atoms with Gasteiger partial charge < -0.3 is 4.90 Å². The van der Waals surface area contributed by atoms with E-state index in [4.69, 9.17) is 5.26 Å². The van der Waals surface area contributed by atoms with Gasteiger partial charge in [-0.3, -0.25) is 4.98 Å². The molecular formula is C15H16N4. The Kier molecular flexibility index (Phi) is 3.76. The Bertz CT molecular complexity index is 628. The zero-order valence-electron chi connectivity index (χ0n) is 11.4. The van der Waals surface area contributed by atoms with Crippen molar-refractivity contribution >= 4 is 5.82 Å². The average molecular weight is 252 g/mol. The number of hydrogen-bond acceptors (Lipinski definition) is 4. The molecule has 0 amide bonds. The lowest BCUT2D eigenvalue weighted by Gasteiger charge is -2.19. The van der Waals surface area contributed by atoms with Crippen LogP contribution >= 0.6 is 0 Å². The van der Waals surface area contributed by atoms with E-state index in [1.54, 1.807) is 6.07 Å². The molecule has 0 unspecified atom stereocenters. The van der Waals surface area contributed by atoms with Crippen LogP contribution in [0.1, 0.15) is 22.6 Å². The van der Waals surface area contributed by atoms with E-state index in [2.05, 4.69) is 16.0 Å². The third kappa shape index (κ3) is 3.08. The van der Waals surface area contributed by atoms with Crippen molar-refractivity contribution < 1.29 is 0 Å². The average Bonchev–Trinajstić information content (AvgIpc) is 2.38. The van der Waals surface area contributed by atoms with E-state index in [0.717, 1.165) is 17.1 Å². The molecule has 0 spiro atoms. The summed E-state index contributed by atoms with van der Waals surface area (Å²) in [6.45, 7) is 4.52. The molecule has 0 saturated carbocycles. The van der Waals surface area contributed by atoms with Crippen LogP contribution in [0.4, 0.5) is 5.82 Å². The molecule has 2 aromatic rings. The number of nitriles is 1. The zero-order chi connectivity index (χ0) is 13.8. The minimum Gasteiger partial charge on any atom is -0.353 e. The van der Waals surface area contributed by atoms with Crippen molar-refractivity contribution in [1.82, 2.24) is 9.97 Å². The molecule has 0 aliphatic rings. The van der Waals surface area contributed by atoms with Crippen LogP contribution in [0, 0.1) is 25.2 Å². The van der Waals surface area contributed by atoms with Crippen LogP contribution in [0.25, 0.3) is 0 Å². The Labute approximate surface area is 113 Å². The van der Waals surface area contributed by atoms with Crippen molar-refractivity contribution in [3.8, 4) is 6.07 Å². The van der Waals surface area contributed by atoms with Gasteiger partial charge in [-0.1, -0.05) is 6.07 Å². The molecule has 0 atom stereocenters. The highest BCUT2D eigenvalue weighted by atomic mass is 15.2. The molecule has 0 radical (unpaired) electrons. The highest BCUT2D eigenvalue weighted by Crippen LogP contribution is 2.18. The first-order valence-corrected chi connectivity index (χ1v) is 6.11. The molecule has 4 heteroatoms. The summed E-state index contributed by atoms with van der Waals surface area (Å²) in [5.74, 6) is 0.700. The molecule has 0 bridgehead atoms. The van der Waals surface area contributed by atoms with Crippen LogP contribution in [0.3, 0.4) is 0 Å². The van der Waals surface area contributed by atoms with Gasteiger partial charge in [0.05, 0.1) is 17.8 Å². The van der Waals surface area contributed by atoms with Gasteiger partial charge in [-0.15, -0.1) is 0 Å². The second-order valence-electron chi connectivity index (χ2n) is 4.56. The van der Waals surface area contributed by atoms with Gasteiger partial charge >= 0.3 is 0 Å². The van der Waals surface area contributed by atoms with Crippen molar-refractivity contribution in [3.63, 3.8) is 0 Å². The van der Waals surface area contributed by atoms with Gasteiger partial charge in [-0.2, -0.15) is 5.26 Å². The van der Waals surface area contributed by atoms with E-state index in [0.29, 0.717) is 17.9 Å². The summed E-state index contributed by atoms with van der Waals surface area (Å²) >= 11 is 0. The highest BCUT2D eigenvalue weighted by Gasteiger charge is 2.10. The Morgan fingerprint density at radius 3 is 2.53 bits per heavy atom. The van der Waals surface area contributed by atoms with Gasteiger partial charge in [-0.05, 0) is 38.1 Å². The summed E-state index contributed by atoms with van der Waals surface area (Å²) in [4.78, 5) is 10.9. The van der Waals surface area contributed by atoms with E-state index >= 15 is 0 Å². The first-order chi connectivity index (χ1) is 9.10. The zero-order valence-corrected chi connectivity index (χ0v) is 11.4. The van der Waals surface area contributed by atoms with Crippen LogP contribution in [0.2, 0.25) is 0 Å². The Morgan fingerprint density at radius 2 is 1.84 bits per heavy atom. The van der Waals surface area contributed by atoms with Gasteiger partial charge in [0.2, 0.25) is 0 Å². The standard InChI is InChI=1S/C15H16N4/c1-11-5-4-6-14(17-11)10-19(3)15-13(9-16)8-7-12(2)18-15/h4-8H,10H2,1-3H3. The van der Waals surface area contributed by atoms with E-state index in [9.17, 15) is 0 Å². The normalized spacial score (nSPS) is 10.0. The maximum absolute atomic E-state index is 9.14. The molecule has 0 saturated heterocycles. The van der Waals surface area contributed by atoms with Gasteiger partial charge in [-0.25, -0.2) is 4.98 Å². The summed E-state index contributed by atoms with van der Waals surface area (Å²) in [6.07, 6.45) is 0. The minimum atomic E-state index is 0.584. The number of aryl methyl sites for hydroxylation is 2. The second-order valence-corrected chi connectivity index (χ2v) is 4.56. The van der Waals surface area contributed by atoms with Crippen LogP contribution in [-0.2, 0) is 6.54 Å². The fourth-order valence-corrected chi connectivity index (χ4v) is 1.93. The maximum atomic E-state index is 9.14. The van der Waals surface area contributed by atoms with E-state index in [1.165, 1.54) is 0 Å². The number of anilines is 1. The van der Waals surface area contributed by atoms with Crippen molar-refractivity contribution in [1.29, 1.82) is 5.26 Å². The van der Waals surface area contributed by atoms with Crippen LogP contribution in [0.5, 0.6) is 0 Å². The SMILES string of the molecule is Cc1cccc(CN(C)c2nc(C)ccc2C#N)n1. The molecule has 19 heavy (non-hydrogen) atoms. The number of aromatic nitrogens is 2. The lowest BCUT2D eigenvalue weighted by Crippen LogP contribution is -2.20. The Morgan fingerprint density at radius 1 is 1.11 bits per heavy atom. The molecule has 0 fully saturated rings. The molecule has 2 rings (SSSR count). The molecule has 0 aliphatic carbocycles. The van der Waals surface area contributed by atoms with Gasteiger partial charge in [0, 0.05) is 18.4 Å². The molecule has 2 aromatic heterocycles. The molecule has 0 aliphatic heterocycles. The van der Waals surface area contributed by atoms with E-state index < -0.39 is 0 Å². The predicted molar refractivity (Wildman–Crippen MR) is 74.8 cm³/mol. The van der Waals surface area contributed by atoms with Gasteiger partial charge in [0.15, 0.2) is 0 Å². The predicted octanol–water partition coefficient (Wildman–Crippen LogP) is 2.60. The molecule has 96 valence electrons. The van der Waals surface area contributed by atoms with Crippen LogP contribution < -0.4 is 4.90 Å². The summed E-state index contributed by atoms with van der Waals surface area (Å²) < 4.78 is 0. The summed E-state index contributed by atoms with van der Waals surface area (Å²) in [5, 5.41) is 9.14. The Balaban J connectivity index is 2.27. The molecule has 2 heterocycles. The minimum absolute atomic E-state index is 0.584. The fourth-order valence-electron chi connectivity index (χ4n) is 1.93. The molecule has 4 nitrogen and oxygen atoms in total. The van der Waals surface area contributed by atoms with Crippen LogP contribution in [-0.4, -0.2) is 17.0 Å². The molecule has 0 aromatic carbocycles. The summed E-state index contributed by atoms with van der Waals surface area (Å²) in [5.41, 5.74) is 3.44. The maximum Gasteiger partial charge on any atom is 0.146 e. The smallest absolute Gasteiger partial charge is 0.146 e. The number of hydrogen-bond donors (Lipinski definition) is 0. The monoisotopic (exact) mass is 252 g/mol. The van der Waals surface area contributed by atoms with Gasteiger partial charge in [0.25, 0.3) is 0 Å². The fraction of sp³-hybridized carbons (Fsp3) is 0.267. The van der Waals surface area contributed by atoms with E-state index in [-0.39, 0.29) is 0 Å². The first-order valence-electron chi connectivity index (χ1n) is 6.11. The van der Waals surface area contributed by atoms with Crippen molar-refractivity contribution in [2.45, 2.75) is 20.4 Å². The third-order valence-electron chi connectivity index (χ3n) is 2.84. The highest BCUT2D eigenvalue weighted by molar-refractivity contribution is 5.53. The topological polar surface area (TPSA) is 52.8 Å². The second kappa shape index (κ2) is 5.49. The Hall–Kier alpha value is -2.41.